The molecule has 2 rings (SSSR count). The molecular weight excluding hydrogens is 278 g/mol. The highest BCUT2D eigenvalue weighted by molar-refractivity contribution is 7.09. The van der Waals surface area contributed by atoms with E-state index in [9.17, 15) is 10.1 Å². The fourth-order valence-electron chi connectivity index (χ4n) is 1.59. The molecular formula is C12H11N5O2S. The van der Waals surface area contributed by atoms with Crippen LogP contribution in [0, 0.1) is 28.4 Å². The fraction of sp³-hybridized carbons (Fsp3) is 0.250. The summed E-state index contributed by atoms with van der Waals surface area (Å²) >= 11 is 1.59. The van der Waals surface area contributed by atoms with Crippen LogP contribution in [0.1, 0.15) is 16.4 Å². The SMILES string of the molecule is Cc1csc(CCNc2ccc([N+](=O)[O-])c(C#N)n2)n1. The van der Waals surface area contributed by atoms with E-state index in [2.05, 4.69) is 15.3 Å². The van der Waals surface area contributed by atoms with Gasteiger partial charge in [-0.1, -0.05) is 0 Å². The molecule has 8 heteroatoms. The summed E-state index contributed by atoms with van der Waals surface area (Å²) in [5, 5.41) is 25.5. The fourth-order valence-corrected chi connectivity index (χ4v) is 2.37. The number of thiazole rings is 1. The van der Waals surface area contributed by atoms with Crippen LogP contribution in [0.15, 0.2) is 17.5 Å². The van der Waals surface area contributed by atoms with E-state index in [0.717, 1.165) is 17.1 Å². The molecule has 0 bridgehead atoms. The summed E-state index contributed by atoms with van der Waals surface area (Å²) in [6, 6.07) is 4.50. The first-order valence-electron chi connectivity index (χ1n) is 5.80. The van der Waals surface area contributed by atoms with Gasteiger partial charge in [0.1, 0.15) is 11.9 Å². The van der Waals surface area contributed by atoms with E-state index in [4.69, 9.17) is 5.26 Å². The van der Waals surface area contributed by atoms with E-state index in [-0.39, 0.29) is 11.4 Å². The van der Waals surface area contributed by atoms with Gasteiger partial charge in [0.15, 0.2) is 0 Å². The first-order chi connectivity index (χ1) is 9.60. The molecule has 0 saturated heterocycles. The predicted molar refractivity (Wildman–Crippen MR) is 74.7 cm³/mol. The first-order valence-corrected chi connectivity index (χ1v) is 6.68. The van der Waals surface area contributed by atoms with Gasteiger partial charge >= 0.3 is 5.69 Å². The van der Waals surface area contributed by atoms with Crippen molar-refractivity contribution in [2.75, 3.05) is 11.9 Å². The second kappa shape index (κ2) is 6.08. The second-order valence-corrected chi connectivity index (χ2v) is 4.94. The van der Waals surface area contributed by atoms with Crippen molar-refractivity contribution in [1.82, 2.24) is 9.97 Å². The normalized spacial score (nSPS) is 10.0. The Morgan fingerprint density at radius 1 is 1.50 bits per heavy atom. The first kappa shape index (κ1) is 13.9. The molecule has 2 heterocycles. The van der Waals surface area contributed by atoms with Crippen molar-refractivity contribution >= 4 is 22.8 Å². The van der Waals surface area contributed by atoms with Crippen LogP contribution in [0.25, 0.3) is 0 Å². The van der Waals surface area contributed by atoms with E-state index in [1.807, 2.05) is 12.3 Å². The minimum absolute atomic E-state index is 0.190. The van der Waals surface area contributed by atoms with Crippen LogP contribution in [-0.2, 0) is 6.42 Å². The molecule has 0 aliphatic carbocycles. The molecule has 0 amide bonds. The van der Waals surface area contributed by atoms with Crippen LogP contribution in [0.2, 0.25) is 0 Å². The van der Waals surface area contributed by atoms with Crippen molar-refractivity contribution in [3.63, 3.8) is 0 Å². The monoisotopic (exact) mass is 289 g/mol. The van der Waals surface area contributed by atoms with Crippen LogP contribution in [-0.4, -0.2) is 21.4 Å². The molecule has 1 N–H and O–H groups in total. The highest BCUT2D eigenvalue weighted by Gasteiger charge is 2.15. The minimum atomic E-state index is -0.617. The molecule has 0 saturated carbocycles. The molecule has 102 valence electrons. The Balaban J connectivity index is 2.00. The van der Waals surface area contributed by atoms with Crippen LogP contribution in [0.4, 0.5) is 11.5 Å². The van der Waals surface area contributed by atoms with Gasteiger partial charge in [0, 0.05) is 30.1 Å². The molecule has 0 aliphatic heterocycles. The number of nitro groups is 1. The summed E-state index contributed by atoms with van der Waals surface area (Å²) in [5.41, 5.74) is 0.518. The number of nitrogens with zero attached hydrogens (tertiary/aromatic N) is 4. The topological polar surface area (TPSA) is 105 Å². The Morgan fingerprint density at radius 2 is 2.30 bits per heavy atom. The van der Waals surface area contributed by atoms with E-state index in [1.54, 1.807) is 17.4 Å². The van der Waals surface area contributed by atoms with E-state index in [0.29, 0.717) is 12.4 Å². The standard InChI is InChI=1S/C12H11N5O2S/c1-8-7-20-12(15-8)4-5-14-11-3-2-10(17(18)19)9(6-13)16-11/h2-3,7H,4-5H2,1H3,(H,14,16). The van der Waals surface area contributed by atoms with Gasteiger partial charge in [0.25, 0.3) is 0 Å². The summed E-state index contributed by atoms with van der Waals surface area (Å²) in [5.74, 6) is 0.445. The largest absolute Gasteiger partial charge is 0.370 e. The molecule has 20 heavy (non-hydrogen) atoms. The maximum absolute atomic E-state index is 10.7. The van der Waals surface area contributed by atoms with E-state index in [1.165, 1.54) is 12.1 Å². The van der Waals surface area contributed by atoms with Gasteiger partial charge in [-0.15, -0.1) is 11.3 Å². The van der Waals surface area contributed by atoms with Crippen molar-refractivity contribution in [2.45, 2.75) is 13.3 Å². The lowest BCUT2D eigenvalue weighted by Gasteiger charge is -2.04. The summed E-state index contributed by atoms with van der Waals surface area (Å²) in [4.78, 5) is 18.3. The third-order valence-electron chi connectivity index (χ3n) is 2.49. The maximum Gasteiger partial charge on any atom is 0.305 e. The van der Waals surface area contributed by atoms with Crippen molar-refractivity contribution in [3.8, 4) is 6.07 Å². The van der Waals surface area contributed by atoms with Gasteiger partial charge in [-0.05, 0) is 13.0 Å². The number of aryl methyl sites for hydroxylation is 1. The lowest BCUT2D eigenvalue weighted by molar-refractivity contribution is -0.385. The quantitative estimate of drug-likeness (QED) is 0.668. The smallest absolute Gasteiger partial charge is 0.305 e. The number of pyridine rings is 1. The van der Waals surface area contributed by atoms with Crippen LogP contribution in [0.5, 0.6) is 0 Å². The Bertz CT molecular complexity index is 677. The van der Waals surface area contributed by atoms with Crippen molar-refractivity contribution in [2.24, 2.45) is 0 Å². The highest BCUT2D eigenvalue weighted by Crippen LogP contribution is 2.18. The van der Waals surface area contributed by atoms with Crippen molar-refractivity contribution in [1.29, 1.82) is 5.26 Å². The summed E-state index contributed by atoms with van der Waals surface area (Å²) in [7, 11) is 0. The van der Waals surface area contributed by atoms with E-state index >= 15 is 0 Å². The number of hydrogen-bond donors (Lipinski definition) is 1. The zero-order chi connectivity index (χ0) is 14.5. The maximum atomic E-state index is 10.7. The number of rotatable bonds is 5. The zero-order valence-corrected chi connectivity index (χ0v) is 11.5. The Morgan fingerprint density at radius 3 is 2.90 bits per heavy atom. The molecule has 0 radical (unpaired) electrons. The number of aromatic nitrogens is 2. The Hall–Kier alpha value is -2.53. The molecule has 0 aliphatic rings. The predicted octanol–water partition coefficient (Wildman–Crippen LogP) is 2.28. The van der Waals surface area contributed by atoms with Crippen molar-refractivity contribution in [3.05, 3.63) is 44.0 Å². The van der Waals surface area contributed by atoms with Crippen LogP contribution in [0.3, 0.4) is 0 Å². The lowest BCUT2D eigenvalue weighted by Crippen LogP contribution is -2.07. The molecule has 7 nitrogen and oxygen atoms in total. The zero-order valence-electron chi connectivity index (χ0n) is 10.7. The Kier molecular flexibility index (Phi) is 4.22. The number of nitrogens with one attached hydrogen (secondary N) is 1. The average molecular weight is 289 g/mol. The van der Waals surface area contributed by atoms with E-state index < -0.39 is 4.92 Å². The number of anilines is 1. The van der Waals surface area contributed by atoms with Crippen LogP contribution >= 0.6 is 11.3 Å². The third-order valence-corrected chi connectivity index (χ3v) is 3.51. The number of nitriles is 1. The summed E-state index contributed by atoms with van der Waals surface area (Å²) in [6.45, 7) is 2.53. The molecule has 0 fully saturated rings. The van der Waals surface area contributed by atoms with Gasteiger partial charge in [-0.2, -0.15) is 5.26 Å². The van der Waals surface area contributed by atoms with Gasteiger partial charge in [0.2, 0.25) is 5.69 Å². The summed E-state index contributed by atoms with van der Waals surface area (Å²) in [6.07, 6.45) is 0.735. The third kappa shape index (κ3) is 3.27. The molecule has 0 spiro atoms. The lowest BCUT2D eigenvalue weighted by atomic mass is 10.3. The molecule has 0 atom stereocenters. The van der Waals surface area contributed by atoms with Gasteiger partial charge in [-0.25, -0.2) is 9.97 Å². The molecule has 0 aromatic carbocycles. The summed E-state index contributed by atoms with van der Waals surface area (Å²) < 4.78 is 0. The van der Waals surface area contributed by atoms with Crippen LogP contribution < -0.4 is 5.32 Å². The average Bonchev–Trinajstić information content (AvgIpc) is 2.84. The minimum Gasteiger partial charge on any atom is -0.370 e. The van der Waals surface area contributed by atoms with Gasteiger partial charge in [0.05, 0.1) is 9.93 Å². The number of hydrogen-bond acceptors (Lipinski definition) is 7. The molecule has 0 unspecified atom stereocenters. The van der Waals surface area contributed by atoms with Gasteiger partial charge < -0.3 is 5.32 Å². The molecule has 2 aromatic rings. The van der Waals surface area contributed by atoms with Gasteiger partial charge in [-0.3, -0.25) is 10.1 Å². The second-order valence-electron chi connectivity index (χ2n) is 3.99. The molecule has 2 aromatic heterocycles. The Labute approximate surface area is 119 Å². The highest BCUT2D eigenvalue weighted by atomic mass is 32.1. The van der Waals surface area contributed by atoms with Crippen molar-refractivity contribution < 1.29 is 4.92 Å².